The molecular formula is C6H11NNaO. The molecule has 2 N–H and O–H groups in total. The van der Waals surface area contributed by atoms with Gasteiger partial charge in [-0.2, -0.15) is 0 Å². The van der Waals surface area contributed by atoms with Crippen molar-refractivity contribution in [3.8, 4) is 0 Å². The van der Waals surface area contributed by atoms with E-state index in [-0.39, 0.29) is 35.5 Å². The quantitative estimate of drug-likeness (QED) is 0.430. The average Bonchev–Trinajstić information content (AvgIpc) is 1.64. The van der Waals surface area contributed by atoms with Gasteiger partial charge in [-0.25, -0.2) is 0 Å². The average molecular weight is 136 g/mol. The molecule has 3 heteroatoms. The minimum Gasteiger partial charge on any atom is -0.366 e. The molecule has 0 spiro atoms. The van der Waals surface area contributed by atoms with Crippen molar-refractivity contribution in [1.29, 1.82) is 0 Å². The molecule has 0 unspecified atom stereocenters. The molecule has 0 heterocycles. The van der Waals surface area contributed by atoms with Crippen LogP contribution >= 0.6 is 0 Å². The summed E-state index contributed by atoms with van der Waals surface area (Å²) in [4.78, 5) is 10.3. The van der Waals surface area contributed by atoms with Crippen molar-refractivity contribution in [2.24, 2.45) is 11.7 Å². The van der Waals surface area contributed by atoms with Crippen molar-refractivity contribution < 1.29 is 4.79 Å². The first kappa shape index (κ1) is 11.9. The molecule has 0 atom stereocenters. The van der Waals surface area contributed by atoms with Crippen molar-refractivity contribution in [2.45, 2.75) is 13.8 Å². The van der Waals surface area contributed by atoms with Gasteiger partial charge in [0, 0.05) is 35.1 Å². The standard InChI is InChI=1S/C6H11NO.Na/c1-4(2)5(3)6(7)8;/h4H,3H2,1-2H3,(H2,7,8);. The maximum Gasteiger partial charge on any atom is 0.244 e. The molecule has 0 aliphatic carbocycles. The molecule has 1 radical (unpaired) electrons. The summed E-state index contributed by atoms with van der Waals surface area (Å²) in [7, 11) is 0. The Morgan fingerprint density at radius 1 is 1.56 bits per heavy atom. The third-order valence-corrected chi connectivity index (χ3v) is 1.01. The zero-order valence-corrected chi connectivity index (χ0v) is 8.27. The van der Waals surface area contributed by atoms with E-state index in [1.807, 2.05) is 13.8 Å². The maximum atomic E-state index is 10.3. The predicted molar refractivity (Wildman–Crippen MR) is 38.9 cm³/mol. The summed E-state index contributed by atoms with van der Waals surface area (Å²) < 4.78 is 0. The number of amides is 1. The Kier molecular flexibility index (Phi) is 6.68. The van der Waals surface area contributed by atoms with Crippen LogP contribution in [0.25, 0.3) is 0 Å². The van der Waals surface area contributed by atoms with Gasteiger partial charge in [-0.1, -0.05) is 20.4 Å². The Labute approximate surface area is 77.8 Å². The van der Waals surface area contributed by atoms with Gasteiger partial charge in [0.25, 0.3) is 0 Å². The molecule has 0 rings (SSSR count). The van der Waals surface area contributed by atoms with Crippen LogP contribution in [0.1, 0.15) is 13.8 Å². The number of nitrogens with two attached hydrogens (primary N) is 1. The van der Waals surface area contributed by atoms with Crippen LogP contribution in [0.5, 0.6) is 0 Å². The molecule has 0 aliphatic rings. The molecule has 0 saturated carbocycles. The van der Waals surface area contributed by atoms with Gasteiger partial charge in [-0.05, 0) is 5.92 Å². The summed E-state index contributed by atoms with van der Waals surface area (Å²) in [5, 5.41) is 0. The van der Waals surface area contributed by atoms with Crippen LogP contribution in [0.2, 0.25) is 0 Å². The van der Waals surface area contributed by atoms with Gasteiger partial charge < -0.3 is 5.73 Å². The van der Waals surface area contributed by atoms with E-state index in [0.717, 1.165) is 0 Å². The Bertz CT molecular complexity index is 120. The van der Waals surface area contributed by atoms with Crippen molar-refractivity contribution >= 4 is 35.5 Å². The number of carbonyl (C=O) groups is 1. The predicted octanol–water partition coefficient (Wildman–Crippen LogP) is 0.303. The monoisotopic (exact) mass is 136 g/mol. The van der Waals surface area contributed by atoms with Gasteiger partial charge in [0.1, 0.15) is 0 Å². The summed E-state index contributed by atoms with van der Waals surface area (Å²) in [6, 6.07) is 0. The Hall–Kier alpha value is 0.210. The summed E-state index contributed by atoms with van der Waals surface area (Å²) in [6.07, 6.45) is 0. The number of hydrogen-bond donors (Lipinski definition) is 1. The van der Waals surface area contributed by atoms with Crippen molar-refractivity contribution in [1.82, 2.24) is 0 Å². The van der Waals surface area contributed by atoms with E-state index < -0.39 is 5.91 Å². The van der Waals surface area contributed by atoms with Gasteiger partial charge in [0.05, 0.1) is 0 Å². The molecule has 1 amide bonds. The van der Waals surface area contributed by atoms with Gasteiger partial charge in [-0.15, -0.1) is 0 Å². The van der Waals surface area contributed by atoms with E-state index in [9.17, 15) is 4.79 Å². The van der Waals surface area contributed by atoms with Gasteiger partial charge in [0.2, 0.25) is 5.91 Å². The minimum atomic E-state index is -0.403. The molecule has 47 valence electrons. The number of carbonyl (C=O) groups excluding carboxylic acids is 1. The molecule has 0 saturated heterocycles. The van der Waals surface area contributed by atoms with E-state index >= 15 is 0 Å². The topological polar surface area (TPSA) is 43.1 Å². The van der Waals surface area contributed by atoms with Crippen LogP contribution in [0.15, 0.2) is 12.2 Å². The zero-order valence-electron chi connectivity index (χ0n) is 6.27. The van der Waals surface area contributed by atoms with E-state index in [1.165, 1.54) is 0 Å². The molecular weight excluding hydrogens is 125 g/mol. The Balaban J connectivity index is 0. The van der Waals surface area contributed by atoms with Crippen LogP contribution in [-0.4, -0.2) is 35.5 Å². The SMILES string of the molecule is C=C(C(N)=O)C(C)C.[Na]. The van der Waals surface area contributed by atoms with Crippen LogP contribution < -0.4 is 5.73 Å². The van der Waals surface area contributed by atoms with Crippen molar-refractivity contribution in [2.75, 3.05) is 0 Å². The van der Waals surface area contributed by atoms with E-state index in [0.29, 0.717) is 5.57 Å². The molecule has 0 aliphatic heterocycles. The van der Waals surface area contributed by atoms with E-state index in [1.54, 1.807) is 0 Å². The zero-order chi connectivity index (χ0) is 6.73. The van der Waals surface area contributed by atoms with E-state index in [2.05, 4.69) is 6.58 Å². The van der Waals surface area contributed by atoms with Gasteiger partial charge >= 0.3 is 0 Å². The summed E-state index contributed by atoms with van der Waals surface area (Å²) in [6.45, 7) is 7.24. The number of hydrogen-bond acceptors (Lipinski definition) is 1. The second-order valence-electron chi connectivity index (χ2n) is 2.04. The summed E-state index contributed by atoms with van der Waals surface area (Å²) >= 11 is 0. The first-order valence-corrected chi connectivity index (χ1v) is 2.54. The third kappa shape index (κ3) is 4.70. The fourth-order valence-electron chi connectivity index (χ4n) is 0.285. The Morgan fingerprint density at radius 3 is 1.89 bits per heavy atom. The van der Waals surface area contributed by atoms with Gasteiger partial charge in [-0.3, -0.25) is 4.79 Å². The largest absolute Gasteiger partial charge is 0.366 e. The first-order chi connectivity index (χ1) is 3.55. The smallest absolute Gasteiger partial charge is 0.244 e. The number of rotatable bonds is 2. The van der Waals surface area contributed by atoms with Crippen LogP contribution in [-0.2, 0) is 4.79 Å². The second kappa shape index (κ2) is 5.03. The molecule has 9 heavy (non-hydrogen) atoms. The fraction of sp³-hybridized carbons (Fsp3) is 0.500. The number of primary amides is 1. The Morgan fingerprint density at radius 2 is 1.89 bits per heavy atom. The summed E-state index contributed by atoms with van der Waals surface area (Å²) in [5.41, 5.74) is 5.39. The molecule has 0 fully saturated rings. The van der Waals surface area contributed by atoms with Gasteiger partial charge in [0.15, 0.2) is 0 Å². The van der Waals surface area contributed by atoms with E-state index in [4.69, 9.17) is 5.73 Å². The molecule has 0 aromatic heterocycles. The van der Waals surface area contributed by atoms with Crippen LogP contribution in [0.3, 0.4) is 0 Å². The maximum absolute atomic E-state index is 10.3. The van der Waals surface area contributed by atoms with Crippen LogP contribution in [0.4, 0.5) is 0 Å². The van der Waals surface area contributed by atoms with Crippen molar-refractivity contribution in [3.63, 3.8) is 0 Å². The molecule has 0 bridgehead atoms. The molecule has 0 aromatic rings. The minimum absolute atomic E-state index is 0. The third-order valence-electron chi connectivity index (χ3n) is 1.01. The first-order valence-electron chi connectivity index (χ1n) is 2.54. The van der Waals surface area contributed by atoms with Crippen LogP contribution in [0, 0.1) is 5.92 Å². The van der Waals surface area contributed by atoms with Crippen molar-refractivity contribution in [3.05, 3.63) is 12.2 Å². The fourth-order valence-corrected chi connectivity index (χ4v) is 0.285. The molecule has 0 aromatic carbocycles. The second-order valence-corrected chi connectivity index (χ2v) is 2.04. The summed E-state index contributed by atoms with van der Waals surface area (Å²) in [5.74, 6) is -0.229. The molecule has 2 nitrogen and oxygen atoms in total. The normalized spacial score (nSPS) is 8.33.